The summed E-state index contributed by atoms with van der Waals surface area (Å²) in [5.74, 6) is 0. The van der Waals surface area contributed by atoms with E-state index in [0.717, 1.165) is 5.56 Å². The SMILES string of the molecule is Cc1ccc(NC(=O)OCCNC(C)C)cc1Cl. The molecule has 1 aromatic rings. The molecule has 100 valence electrons. The minimum atomic E-state index is -0.472. The number of benzene rings is 1. The lowest BCUT2D eigenvalue weighted by molar-refractivity contribution is 0.161. The van der Waals surface area contributed by atoms with Gasteiger partial charge in [0.1, 0.15) is 6.61 Å². The van der Waals surface area contributed by atoms with E-state index in [1.54, 1.807) is 12.1 Å². The fourth-order valence-electron chi connectivity index (χ4n) is 1.32. The van der Waals surface area contributed by atoms with Crippen LogP contribution in [0.1, 0.15) is 19.4 Å². The molecule has 4 nitrogen and oxygen atoms in total. The summed E-state index contributed by atoms with van der Waals surface area (Å²) in [5.41, 5.74) is 1.60. The van der Waals surface area contributed by atoms with Gasteiger partial charge in [0.05, 0.1) is 0 Å². The number of halogens is 1. The number of hydrogen-bond acceptors (Lipinski definition) is 3. The first-order chi connectivity index (χ1) is 8.49. The third-order valence-electron chi connectivity index (χ3n) is 2.31. The van der Waals surface area contributed by atoms with Crippen molar-refractivity contribution in [3.05, 3.63) is 28.8 Å². The maximum Gasteiger partial charge on any atom is 0.411 e. The normalized spacial score (nSPS) is 10.5. The lowest BCUT2D eigenvalue weighted by Gasteiger charge is -2.10. The van der Waals surface area contributed by atoms with Crippen molar-refractivity contribution in [3.8, 4) is 0 Å². The third kappa shape index (κ3) is 5.38. The highest BCUT2D eigenvalue weighted by Crippen LogP contribution is 2.19. The number of anilines is 1. The van der Waals surface area contributed by atoms with Gasteiger partial charge >= 0.3 is 6.09 Å². The molecule has 0 aliphatic carbocycles. The number of rotatable bonds is 5. The van der Waals surface area contributed by atoms with Crippen LogP contribution in [0.15, 0.2) is 18.2 Å². The molecule has 0 heterocycles. The van der Waals surface area contributed by atoms with Crippen molar-refractivity contribution < 1.29 is 9.53 Å². The molecule has 0 aromatic heterocycles. The smallest absolute Gasteiger partial charge is 0.411 e. The molecule has 0 aliphatic heterocycles. The maximum atomic E-state index is 11.4. The molecule has 1 amide bonds. The molecule has 0 atom stereocenters. The Kier molecular flexibility index (Phi) is 5.95. The van der Waals surface area contributed by atoms with Crippen molar-refractivity contribution in [1.29, 1.82) is 0 Å². The van der Waals surface area contributed by atoms with Crippen molar-refractivity contribution in [2.24, 2.45) is 0 Å². The number of amides is 1. The van der Waals surface area contributed by atoms with E-state index in [-0.39, 0.29) is 0 Å². The van der Waals surface area contributed by atoms with Gasteiger partial charge in [-0.25, -0.2) is 4.79 Å². The van der Waals surface area contributed by atoms with E-state index in [1.807, 2.05) is 26.8 Å². The van der Waals surface area contributed by atoms with Crippen LogP contribution in [0.25, 0.3) is 0 Å². The lowest BCUT2D eigenvalue weighted by Crippen LogP contribution is -2.28. The van der Waals surface area contributed by atoms with Gasteiger partial charge in [0.25, 0.3) is 0 Å². The average Bonchev–Trinajstić information content (AvgIpc) is 2.29. The number of aryl methyl sites for hydroxylation is 1. The third-order valence-corrected chi connectivity index (χ3v) is 2.71. The van der Waals surface area contributed by atoms with Gasteiger partial charge in [0.2, 0.25) is 0 Å². The van der Waals surface area contributed by atoms with Gasteiger partial charge in [-0.15, -0.1) is 0 Å². The van der Waals surface area contributed by atoms with E-state index in [4.69, 9.17) is 16.3 Å². The first-order valence-electron chi connectivity index (χ1n) is 5.92. The molecule has 0 saturated carbocycles. The first-order valence-corrected chi connectivity index (χ1v) is 6.30. The zero-order chi connectivity index (χ0) is 13.5. The van der Waals surface area contributed by atoms with E-state index in [2.05, 4.69) is 10.6 Å². The quantitative estimate of drug-likeness (QED) is 0.808. The van der Waals surface area contributed by atoms with Crippen LogP contribution in [0.5, 0.6) is 0 Å². The standard InChI is InChI=1S/C13H19ClN2O2/c1-9(2)15-6-7-18-13(17)16-11-5-4-10(3)12(14)8-11/h4-5,8-9,15H,6-7H2,1-3H3,(H,16,17). The highest BCUT2D eigenvalue weighted by atomic mass is 35.5. The number of carbonyl (C=O) groups excluding carboxylic acids is 1. The Balaban J connectivity index is 2.33. The van der Waals surface area contributed by atoms with Gasteiger partial charge < -0.3 is 10.1 Å². The summed E-state index contributed by atoms with van der Waals surface area (Å²) in [5, 5.41) is 6.40. The van der Waals surface area contributed by atoms with Crippen LogP contribution >= 0.6 is 11.6 Å². The van der Waals surface area contributed by atoms with Crippen LogP contribution in [-0.2, 0) is 4.74 Å². The van der Waals surface area contributed by atoms with E-state index in [1.165, 1.54) is 0 Å². The molecule has 0 fully saturated rings. The summed E-state index contributed by atoms with van der Waals surface area (Å²) in [6, 6.07) is 5.71. The Morgan fingerprint density at radius 2 is 2.17 bits per heavy atom. The lowest BCUT2D eigenvalue weighted by atomic mass is 10.2. The fourth-order valence-corrected chi connectivity index (χ4v) is 1.50. The van der Waals surface area contributed by atoms with Gasteiger partial charge in [0.15, 0.2) is 0 Å². The van der Waals surface area contributed by atoms with Crippen LogP contribution in [0.3, 0.4) is 0 Å². The maximum absolute atomic E-state index is 11.4. The zero-order valence-electron chi connectivity index (χ0n) is 10.9. The predicted octanol–water partition coefficient (Wildman–Crippen LogP) is 3.19. The van der Waals surface area contributed by atoms with Crippen molar-refractivity contribution >= 4 is 23.4 Å². The second-order valence-electron chi connectivity index (χ2n) is 4.33. The molecule has 5 heteroatoms. The highest BCUT2D eigenvalue weighted by Gasteiger charge is 2.04. The van der Waals surface area contributed by atoms with Crippen LogP contribution in [-0.4, -0.2) is 25.3 Å². The van der Waals surface area contributed by atoms with E-state index < -0.39 is 6.09 Å². The minimum absolute atomic E-state index is 0.337. The van der Waals surface area contributed by atoms with Crippen LogP contribution in [0.2, 0.25) is 5.02 Å². The zero-order valence-corrected chi connectivity index (χ0v) is 11.7. The largest absolute Gasteiger partial charge is 0.448 e. The average molecular weight is 271 g/mol. The molecule has 0 spiro atoms. The minimum Gasteiger partial charge on any atom is -0.448 e. The van der Waals surface area contributed by atoms with Crippen molar-refractivity contribution in [2.75, 3.05) is 18.5 Å². The van der Waals surface area contributed by atoms with Crippen LogP contribution in [0.4, 0.5) is 10.5 Å². The molecule has 1 rings (SSSR count). The summed E-state index contributed by atoms with van der Waals surface area (Å²) in [4.78, 5) is 11.4. The molecule has 18 heavy (non-hydrogen) atoms. The number of hydrogen-bond donors (Lipinski definition) is 2. The van der Waals surface area contributed by atoms with Crippen molar-refractivity contribution in [1.82, 2.24) is 5.32 Å². The van der Waals surface area contributed by atoms with Gasteiger partial charge in [-0.1, -0.05) is 31.5 Å². The van der Waals surface area contributed by atoms with Gasteiger partial charge in [-0.3, -0.25) is 5.32 Å². The van der Waals surface area contributed by atoms with Crippen molar-refractivity contribution in [2.45, 2.75) is 26.8 Å². The Hall–Kier alpha value is -1.26. The molecular formula is C13H19ClN2O2. The van der Waals surface area contributed by atoms with E-state index in [0.29, 0.717) is 29.9 Å². The molecule has 0 saturated heterocycles. The molecular weight excluding hydrogens is 252 g/mol. The molecule has 2 N–H and O–H groups in total. The molecule has 0 radical (unpaired) electrons. The van der Waals surface area contributed by atoms with Gasteiger partial charge in [0, 0.05) is 23.3 Å². The number of ether oxygens (including phenoxy) is 1. The number of nitrogens with one attached hydrogen (secondary N) is 2. The molecule has 0 bridgehead atoms. The Morgan fingerprint density at radius 3 is 2.78 bits per heavy atom. The second kappa shape index (κ2) is 7.24. The summed E-state index contributed by atoms with van der Waals surface area (Å²) >= 11 is 5.96. The number of carbonyl (C=O) groups is 1. The molecule has 0 unspecified atom stereocenters. The first kappa shape index (κ1) is 14.8. The Bertz CT molecular complexity index is 408. The van der Waals surface area contributed by atoms with Gasteiger partial charge in [-0.2, -0.15) is 0 Å². The van der Waals surface area contributed by atoms with Crippen LogP contribution < -0.4 is 10.6 Å². The van der Waals surface area contributed by atoms with Crippen LogP contribution in [0, 0.1) is 6.92 Å². The summed E-state index contributed by atoms with van der Waals surface area (Å²) in [6.45, 7) is 6.95. The monoisotopic (exact) mass is 270 g/mol. The summed E-state index contributed by atoms with van der Waals surface area (Å²) < 4.78 is 5.01. The highest BCUT2D eigenvalue weighted by molar-refractivity contribution is 6.31. The topological polar surface area (TPSA) is 50.4 Å². The van der Waals surface area contributed by atoms with Crippen molar-refractivity contribution in [3.63, 3.8) is 0 Å². The van der Waals surface area contributed by atoms with E-state index in [9.17, 15) is 4.79 Å². The fraction of sp³-hybridized carbons (Fsp3) is 0.462. The molecule has 1 aromatic carbocycles. The summed E-state index contributed by atoms with van der Waals surface area (Å²) in [6.07, 6.45) is -0.472. The molecule has 0 aliphatic rings. The van der Waals surface area contributed by atoms with Gasteiger partial charge in [-0.05, 0) is 24.6 Å². The van der Waals surface area contributed by atoms with E-state index >= 15 is 0 Å². The predicted molar refractivity (Wildman–Crippen MR) is 74.3 cm³/mol. The Morgan fingerprint density at radius 1 is 1.44 bits per heavy atom. The Labute approximate surface area is 113 Å². The summed E-state index contributed by atoms with van der Waals surface area (Å²) in [7, 11) is 0. The second-order valence-corrected chi connectivity index (χ2v) is 4.74.